The van der Waals surface area contributed by atoms with Crippen LogP contribution in [0.1, 0.15) is 11.1 Å². The minimum absolute atomic E-state index is 0.315. The monoisotopic (exact) mass is 204 g/mol. The van der Waals surface area contributed by atoms with Crippen LogP contribution in [0.5, 0.6) is 0 Å². The maximum absolute atomic E-state index is 10.8. The van der Waals surface area contributed by atoms with Crippen LogP contribution in [-0.2, 0) is 18.0 Å². The molecule has 0 aliphatic carbocycles. The van der Waals surface area contributed by atoms with Crippen LogP contribution in [0.4, 0.5) is 0 Å². The number of benzene rings is 1. The summed E-state index contributed by atoms with van der Waals surface area (Å²) in [7, 11) is 0. The molecule has 2 aromatic rings. The first kappa shape index (κ1) is 8.43. The summed E-state index contributed by atoms with van der Waals surface area (Å²) in [4.78, 5) is 10.8. The quantitative estimate of drug-likeness (QED) is 0.754. The van der Waals surface area contributed by atoms with Crippen LogP contribution >= 0.6 is 0 Å². The Kier molecular flexibility index (Phi) is 1.72. The van der Waals surface area contributed by atoms with Gasteiger partial charge in [0.2, 0.25) is 5.89 Å². The molecule has 0 amide bonds. The van der Waals surface area contributed by atoms with E-state index in [4.69, 9.17) is 9.15 Å². The summed E-state index contributed by atoms with van der Waals surface area (Å²) in [5, 5.41) is 6.00. The third-order valence-electron chi connectivity index (χ3n) is 2.41. The highest BCUT2D eigenvalue weighted by Gasteiger charge is 2.13. The summed E-state index contributed by atoms with van der Waals surface area (Å²) in [5.41, 5.74) is 3.09. The Hall–Kier alpha value is -1.88. The van der Waals surface area contributed by atoms with Gasteiger partial charge in [0.1, 0.15) is 0 Å². The summed E-state index contributed by atoms with van der Waals surface area (Å²) in [5.74, 6) is -0.226. The van der Waals surface area contributed by atoms with Gasteiger partial charge in [-0.05, 0) is 23.3 Å². The first-order valence-corrected chi connectivity index (χ1v) is 4.58. The molecule has 5 nitrogen and oxygen atoms in total. The molecule has 0 atom stereocenters. The normalized spacial score (nSPS) is 14.1. The maximum atomic E-state index is 10.8. The molecule has 0 spiro atoms. The molecular formula is C10H8N2O3. The summed E-state index contributed by atoms with van der Waals surface area (Å²) in [6.45, 7) is 1.26. The number of aromatic nitrogens is 2. The molecule has 0 bridgehead atoms. The minimum atomic E-state index is -0.540. The van der Waals surface area contributed by atoms with Crippen molar-refractivity contribution < 1.29 is 9.15 Å². The fourth-order valence-electron chi connectivity index (χ4n) is 1.66. The topological polar surface area (TPSA) is 68.1 Å². The number of hydrogen-bond donors (Lipinski definition) is 1. The molecule has 1 aromatic carbocycles. The molecule has 3 rings (SSSR count). The SMILES string of the molecule is O=c1[nH]nc(-c2ccc3c(c2)COC3)o1. The van der Waals surface area contributed by atoms with Gasteiger partial charge in [-0.25, -0.2) is 9.89 Å². The fraction of sp³-hybridized carbons (Fsp3) is 0.200. The molecule has 2 heterocycles. The van der Waals surface area contributed by atoms with E-state index in [1.165, 1.54) is 5.56 Å². The van der Waals surface area contributed by atoms with Gasteiger partial charge in [-0.3, -0.25) is 0 Å². The van der Waals surface area contributed by atoms with Crippen LogP contribution in [0, 0.1) is 0 Å². The van der Waals surface area contributed by atoms with Crippen molar-refractivity contribution in [1.82, 2.24) is 10.2 Å². The number of fused-ring (bicyclic) bond motifs is 1. The smallest absolute Gasteiger partial charge is 0.388 e. The van der Waals surface area contributed by atoms with Gasteiger partial charge >= 0.3 is 5.76 Å². The van der Waals surface area contributed by atoms with E-state index < -0.39 is 5.76 Å². The average Bonchev–Trinajstić information content (AvgIpc) is 2.84. The van der Waals surface area contributed by atoms with Crippen molar-refractivity contribution in [2.45, 2.75) is 13.2 Å². The highest BCUT2D eigenvalue weighted by Crippen LogP contribution is 2.24. The summed E-state index contributed by atoms with van der Waals surface area (Å²) < 4.78 is 10.2. The Morgan fingerprint density at radius 3 is 2.93 bits per heavy atom. The van der Waals surface area contributed by atoms with Crippen LogP contribution in [0.3, 0.4) is 0 Å². The van der Waals surface area contributed by atoms with E-state index in [1.807, 2.05) is 18.2 Å². The van der Waals surface area contributed by atoms with Gasteiger partial charge in [0.25, 0.3) is 0 Å². The first-order valence-electron chi connectivity index (χ1n) is 4.58. The zero-order valence-corrected chi connectivity index (χ0v) is 7.82. The van der Waals surface area contributed by atoms with Crippen molar-refractivity contribution in [2.75, 3.05) is 0 Å². The highest BCUT2D eigenvalue weighted by molar-refractivity contribution is 5.55. The Morgan fingerprint density at radius 1 is 1.27 bits per heavy atom. The largest absolute Gasteiger partial charge is 0.434 e. The Balaban J connectivity index is 2.10. The van der Waals surface area contributed by atoms with Gasteiger partial charge in [0.15, 0.2) is 0 Å². The van der Waals surface area contributed by atoms with Crippen molar-refractivity contribution in [3.63, 3.8) is 0 Å². The van der Waals surface area contributed by atoms with Crippen molar-refractivity contribution in [3.05, 3.63) is 39.9 Å². The predicted molar refractivity (Wildman–Crippen MR) is 51.1 cm³/mol. The maximum Gasteiger partial charge on any atom is 0.434 e. The van der Waals surface area contributed by atoms with Crippen LogP contribution in [0.15, 0.2) is 27.4 Å². The van der Waals surface area contributed by atoms with E-state index in [0.29, 0.717) is 19.1 Å². The van der Waals surface area contributed by atoms with Gasteiger partial charge in [0, 0.05) is 5.56 Å². The van der Waals surface area contributed by atoms with Crippen LogP contribution in [-0.4, -0.2) is 10.2 Å². The minimum Gasteiger partial charge on any atom is -0.388 e. The molecule has 0 saturated heterocycles. The molecule has 1 aliphatic rings. The van der Waals surface area contributed by atoms with Crippen molar-refractivity contribution >= 4 is 0 Å². The van der Waals surface area contributed by atoms with Gasteiger partial charge in [0.05, 0.1) is 13.2 Å². The number of ether oxygens (including phenoxy) is 1. The highest BCUT2D eigenvalue weighted by atomic mass is 16.5. The van der Waals surface area contributed by atoms with E-state index in [-0.39, 0.29) is 0 Å². The second kappa shape index (κ2) is 3.06. The van der Waals surface area contributed by atoms with E-state index in [2.05, 4.69) is 10.2 Å². The van der Waals surface area contributed by atoms with E-state index in [1.54, 1.807) is 0 Å². The lowest BCUT2D eigenvalue weighted by Crippen LogP contribution is -1.93. The number of hydrogen-bond acceptors (Lipinski definition) is 4. The Bertz CT molecular complexity index is 556. The lowest BCUT2D eigenvalue weighted by Gasteiger charge is -1.98. The number of rotatable bonds is 1. The number of H-pyrrole nitrogens is 1. The lowest BCUT2D eigenvalue weighted by molar-refractivity contribution is 0.134. The molecule has 76 valence electrons. The standard InChI is InChI=1S/C10H8N2O3/c13-10-12-11-9(15-10)6-1-2-7-4-14-5-8(7)3-6/h1-3H,4-5H2,(H,12,13). The van der Waals surface area contributed by atoms with Gasteiger partial charge in [-0.1, -0.05) is 6.07 Å². The zero-order valence-electron chi connectivity index (χ0n) is 7.82. The molecule has 0 saturated carbocycles. The molecule has 15 heavy (non-hydrogen) atoms. The second-order valence-corrected chi connectivity index (χ2v) is 3.39. The van der Waals surface area contributed by atoms with Crippen molar-refractivity contribution in [2.24, 2.45) is 0 Å². The van der Waals surface area contributed by atoms with E-state index >= 15 is 0 Å². The van der Waals surface area contributed by atoms with Crippen molar-refractivity contribution in [1.29, 1.82) is 0 Å². The number of nitrogens with one attached hydrogen (secondary N) is 1. The lowest BCUT2D eigenvalue weighted by atomic mass is 10.1. The number of nitrogens with zero attached hydrogens (tertiary/aromatic N) is 1. The van der Waals surface area contributed by atoms with Crippen molar-refractivity contribution in [3.8, 4) is 11.5 Å². The average molecular weight is 204 g/mol. The first-order chi connectivity index (χ1) is 7.33. The molecule has 1 N–H and O–H groups in total. The Labute approximate surface area is 84.7 Å². The third kappa shape index (κ3) is 1.37. The molecule has 0 radical (unpaired) electrons. The Morgan fingerprint density at radius 2 is 2.13 bits per heavy atom. The predicted octanol–water partition coefficient (Wildman–Crippen LogP) is 1.06. The summed E-state index contributed by atoms with van der Waals surface area (Å²) >= 11 is 0. The molecule has 1 aliphatic heterocycles. The van der Waals surface area contributed by atoms with E-state index in [9.17, 15) is 4.79 Å². The molecule has 0 unspecified atom stereocenters. The van der Waals surface area contributed by atoms with Crippen LogP contribution in [0.25, 0.3) is 11.5 Å². The summed E-state index contributed by atoms with van der Waals surface area (Å²) in [6.07, 6.45) is 0. The zero-order chi connectivity index (χ0) is 10.3. The van der Waals surface area contributed by atoms with Gasteiger partial charge < -0.3 is 9.15 Å². The molecule has 0 fully saturated rings. The summed E-state index contributed by atoms with van der Waals surface area (Å²) in [6, 6.07) is 5.76. The molecule has 1 aromatic heterocycles. The number of aromatic amines is 1. The van der Waals surface area contributed by atoms with Gasteiger partial charge in [-0.15, -0.1) is 5.10 Å². The van der Waals surface area contributed by atoms with Gasteiger partial charge in [-0.2, -0.15) is 0 Å². The third-order valence-corrected chi connectivity index (χ3v) is 2.41. The van der Waals surface area contributed by atoms with E-state index in [0.717, 1.165) is 11.1 Å². The fourth-order valence-corrected chi connectivity index (χ4v) is 1.66. The molecular weight excluding hydrogens is 196 g/mol. The molecule has 5 heteroatoms. The van der Waals surface area contributed by atoms with Crippen LogP contribution < -0.4 is 5.76 Å². The second-order valence-electron chi connectivity index (χ2n) is 3.39. The van der Waals surface area contributed by atoms with Crippen LogP contribution in [0.2, 0.25) is 0 Å².